The van der Waals surface area contributed by atoms with Crippen LogP contribution in [-0.2, 0) is 4.74 Å². The summed E-state index contributed by atoms with van der Waals surface area (Å²) in [7, 11) is 1.32. The van der Waals surface area contributed by atoms with Gasteiger partial charge in [-0.15, -0.1) is 0 Å². The molecule has 1 aliphatic rings. The fraction of sp³-hybridized carbons (Fsp3) is 0.364. The Kier molecular flexibility index (Phi) is 3.14. The maximum atomic E-state index is 13.2. The first-order chi connectivity index (χ1) is 7.63. The molecule has 16 heavy (non-hydrogen) atoms. The van der Waals surface area contributed by atoms with Gasteiger partial charge in [0, 0.05) is 10.5 Å². The average Bonchev–Trinajstić information content (AvgIpc) is 3.07. The molecule has 86 valence electrons. The van der Waals surface area contributed by atoms with Crippen molar-refractivity contribution in [2.75, 3.05) is 12.0 Å². The summed E-state index contributed by atoms with van der Waals surface area (Å²) >= 11 is 3.31. The number of methoxy groups -OCH3 is 1. The van der Waals surface area contributed by atoms with Crippen molar-refractivity contribution in [1.29, 1.82) is 0 Å². The van der Waals surface area contributed by atoms with Crippen LogP contribution >= 0.6 is 15.9 Å². The number of benzene rings is 1. The Morgan fingerprint density at radius 3 is 2.81 bits per heavy atom. The Morgan fingerprint density at radius 1 is 1.56 bits per heavy atom. The summed E-state index contributed by atoms with van der Waals surface area (Å²) in [5.74, 6) is -0.368. The van der Waals surface area contributed by atoms with Crippen LogP contribution in [0, 0.1) is 5.82 Å². The number of hydrogen-bond acceptors (Lipinski definition) is 2. The number of nitrogens with zero attached hydrogens (tertiary/aromatic N) is 1. The smallest absolute Gasteiger partial charge is 0.414 e. The number of carbonyl (C=O) groups is 1. The van der Waals surface area contributed by atoms with Crippen LogP contribution in [0.25, 0.3) is 0 Å². The molecule has 0 aliphatic heterocycles. The van der Waals surface area contributed by atoms with E-state index >= 15 is 0 Å². The van der Waals surface area contributed by atoms with Crippen molar-refractivity contribution in [3.8, 4) is 0 Å². The predicted octanol–water partition coefficient (Wildman–Crippen LogP) is 3.32. The zero-order valence-corrected chi connectivity index (χ0v) is 10.3. The Morgan fingerprint density at radius 2 is 2.25 bits per heavy atom. The van der Waals surface area contributed by atoms with Gasteiger partial charge in [-0.1, -0.05) is 0 Å². The Labute approximate surface area is 101 Å². The van der Waals surface area contributed by atoms with Crippen LogP contribution in [0.15, 0.2) is 22.7 Å². The molecular formula is C11H11BrFNO2. The van der Waals surface area contributed by atoms with E-state index in [0.717, 1.165) is 12.8 Å². The summed E-state index contributed by atoms with van der Waals surface area (Å²) < 4.78 is 18.6. The molecule has 0 spiro atoms. The Bertz CT molecular complexity index is 420. The van der Waals surface area contributed by atoms with E-state index in [1.165, 1.54) is 24.1 Å². The van der Waals surface area contributed by atoms with Crippen LogP contribution in [0.1, 0.15) is 12.8 Å². The minimum absolute atomic E-state index is 0.130. The highest BCUT2D eigenvalue weighted by molar-refractivity contribution is 9.10. The molecule has 0 atom stereocenters. The number of ether oxygens (including phenoxy) is 1. The second-order valence-corrected chi connectivity index (χ2v) is 4.52. The second-order valence-electron chi connectivity index (χ2n) is 3.67. The van der Waals surface area contributed by atoms with Crippen molar-refractivity contribution >= 4 is 27.7 Å². The highest BCUT2D eigenvalue weighted by atomic mass is 79.9. The third kappa shape index (κ3) is 2.19. The molecule has 5 heteroatoms. The van der Waals surface area contributed by atoms with Crippen LogP contribution < -0.4 is 4.90 Å². The Balaban J connectivity index is 2.37. The van der Waals surface area contributed by atoms with Crippen molar-refractivity contribution in [3.05, 3.63) is 28.5 Å². The van der Waals surface area contributed by atoms with Gasteiger partial charge in [-0.25, -0.2) is 9.18 Å². The third-order valence-electron chi connectivity index (χ3n) is 2.45. The molecule has 3 nitrogen and oxygen atoms in total. The van der Waals surface area contributed by atoms with Gasteiger partial charge in [0.15, 0.2) is 0 Å². The summed E-state index contributed by atoms with van der Waals surface area (Å²) in [5.41, 5.74) is 0.523. The van der Waals surface area contributed by atoms with Crippen LogP contribution in [-0.4, -0.2) is 19.2 Å². The number of rotatable bonds is 2. The van der Waals surface area contributed by atoms with Gasteiger partial charge < -0.3 is 4.74 Å². The molecule has 0 saturated heterocycles. The predicted molar refractivity (Wildman–Crippen MR) is 62.0 cm³/mol. The summed E-state index contributed by atoms with van der Waals surface area (Å²) in [6, 6.07) is 4.39. The van der Waals surface area contributed by atoms with Crippen molar-refractivity contribution < 1.29 is 13.9 Å². The first-order valence-corrected chi connectivity index (χ1v) is 5.75. The molecule has 0 unspecified atom stereocenters. The zero-order chi connectivity index (χ0) is 11.7. The van der Waals surface area contributed by atoms with E-state index in [9.17, 15) is 9.18 Å². The van der Waals surface area contributed by atoms with E-state index < -0.39 is 6.09 Å². The molecule has 1 fully saturated rings. The van der Waals surface area contributed by atoms with Crippen LogP contribution in [0.4, 0.5) is 14.9 Å². The minimum atomic E-state index is -0.450. The lowest BCUT2D eigenvalue weighted by Gasteiger charge is -2.22. The molecule has 0 aromatic heterocycles. The first kappa shape index (κ1) is 11.4. The topological polar surface area (TPSA) is 29.5 Å². The fourth-order valence-corrected chi connectivity index (χ4v) is 1.98. The summed E-state index contributed by atoms with van der Waals surface area (Å²) in [6.07, 6.45) is 1.41. The van der Waals surface area contributed by atoms with Crippen molar-refractivity contribution in [2.45, 2.75) is 18.9 Å². The second kappa shape index (κ2) is 4.41. The standard InChI is InChI=1S/C11H11BrFNO2/c1-16-11(15)14(8-3-4-8)10-6-7(13)2-5-9(10)12/h2,5-6,8H,3-4H2,1H3. The molecule has 1 aromatic carbocycles. The van der Waals surface area contributed by atoms with Crippen LogP contribution in [0.2, 0.25) is 0 Å². The number of hydrogen-bond donors (Lipinski definition) is 0. The minimum Gasteiger partial charge on any atom is -0.452 e. The fourth-order valence-electron chi connectivity index (χ4n) is 1.55. The van der Waals surface area contributed by atoms with Gasteiger partial charge in [0.2, 0.25) is 0 Å². The molecule has 0 bridgehead atoms. The van der Waals surface area contributed by atoms with Crippen LogP contribution in [0.3, 0.4) is 0 Å². The highest BCUT2D eigenvalue weighted by Gasteiger charge is 2.35. The molecule has 0 heterocycles. The van der Waals surface area contributed by atoms with E-state index in [0.29, 0.717) is 10.2 Å². The maximum Gasteiger partial charge on any atom is 0.414 e. The molecule has 2 rings (SSSR count). The first-order valence-electron chi connectivity index (χ1n) is 4.95. The van der Waals surface area contributed by atoms with Gasteiger partial charge in [-0.2, -0.15) is 0 Å². The van der Waals surface area contributed by atoms with Gasteiger partial charge in [0.25, 0.3) is 0 Å². The number of amides is 1. The van der Waals surface area contributed by atoms with Crippen molar-refractivity contribution in [2.24, 2.45) is 0 Å². The van der Waals surface area contributed by atoms with Gasteiger partial charge in [0.05, 0.1) is 12.8 Å². The van der Waals surface area contributed by atoms with Crippen molar-refractivity contribution in [1.82, 2.24) is 0 Å². The summed E-state index contributed by atoms with van der Waals surface area (Å²) in [4.78, 5) is 13.1. The number of anilines is 1. The largest absolute Gasteiger partial charge is 0.452 e. The zero-order valence-electron chi connectivity index (χ0n) is 8.74. The van der Waals surface area contributed by atoms with E-state index in [4.69, 9.17) is 4.74 Å². The third-order valence-corrected chi connectivity index (χ3v) is 3.12. The average molecular weight is 288 g/mol. The molecule has 1 saturated carbocycles. The van der Waals surface area contributed by atoms with E-state index in [2.05, 4.69) is 15.9 Å². The molecular weight excluding hydrogens is 277 g/mol. The van der Waals surface area contributed by atoms with E-state index in [1.54, 1.807) is 6.07 Å². The van der Waals surface area contributed by atoms with Gasteiger partial charge >= 0.3 is 6.09 Å². The quantitative estimate of drug-likeness (QED) is 0.835. The lowest BCUT2D eigenvalue weighted by Crippen LogP contribution is -2.33. The lowest BCUT2D eigenvalue weighted by molar-refractivity contribution is 0.178. The van der Waals surface area contributed by atoms with E-state index in [-0.39, 0.29) is 11.9 Å². The van der Waals surface area contributed by atoms with Gasteiger partial charge in [-0.05, 0) is 47.0 Å². The summed E-state index contributed by atoms with van der Waals surface area (Å²) in [6.45, 7) is 0. The highest BCUT2D eigenvalue weighted by Crippen LogP contribution is 2.36. The molecule has 1 aromatic rings. The molecule has 1 aliphatic carbocycles. The van der Waals surface area contributed by atoms with E-state index in [1.807, 2.05) is 0 Å². The van der Waals surface area contributed by atoms with Gasteiger partial charge in [0.1, 0.15) is 5.82 Å². The van der Waals surface area contributed by atoms with Crippen molar-refractivity contribution in [3.63, 3.8) is 0 Å². The molecule has 0 radical (unpaired) electrons. The summed E-state index contributed by atoms with van der Waals surface area (Å²) in [5, 5.41) is 0. The SMILES string of the molecule is COC(=O)N(c1cc(F)ccc1Br)C1CC1. The normalized spacial score (nSPS) is 14.7. The monoisotopic (exact) mass is 287 g/mol. The number of carbonyl (C=O) groups excluding carboxylic acids is 1. The van der Waals surface area contributed by atoms with Gasteiger partial charge in [-0.3, -0.25) is 4.90 Å². The molecule has 1 amide bonds. The maximum absolute atomic E-state index is 13.2. The lowest BCUT2D eigenvalue weighted by atomic mass is 10.3. The van der Waals surface area contributed by atoms with Crippen LogP contribution in [0.5, 0.6) is 0 Å². The Hall–Kier alpha value is -1.10. The molecule has 0 N–H and O–H groups in total. The number of halogens is 2.